The van der Waals surface area contributed by atoms with E-state index in [1.54, 1.807) is 17.4 Å². The van der Waals surface area contributed by atoms with Crippen molar-refractivity contribution in [2.45, 2.75) is 18.8 Å². The van der Waals surface area contributed by atoms with Gasteiger partial charge in [-0.05, 0) is 63.0 Å². The minimum absolute atomic E-state index is 0.233. The van der Waals surface area contributed by atoms with Crippen LogP contribution < -0.4 is 0 Å². The number of alkyl halides is 1. The van der Waals surface area contributed by atoms with Crippen molar-refractivity contribution in [2.24, 2.45) is 0 Å². The zero-order valence-electron chi connectivity index (χ0n) is 10.9. The van der Waals surface area contributed by atoms with Crippen LogP contribution in [0.5, 0.6) is 0 Å². The maximum atomic E-state index is 13.9. The zero-order valence-corrected chi connectivity index (χ0v) is 16.2. The predicted octanol–water partition coefficient (Wildman–Crippen LogP) is 5.95. The fraction of sp³-hybridized carbons (Fsp3) is 0.214. The van der Waals surface area contributed by atoms with Crippen LogP contribution in [-0.2, 0) is 6.54 Å². The van der Waals surface area contributed by atoms with Crippen molar-refractivity contribution in [2.75, 3.05) is 0 Å². The van der Waals surface area contributed by atoms with Gasteiger partial charge in [0.05, 0.1) is 26.5 Å². The smallest absolute Gasteiger partial charge is 0.138 e. The van der Waals surface area contributed by atoms with Crippen LogP contribution in [0.15, 0.2) is 28.1 Å². The second-order valence-corrected chi connectivity index (χ2v) is 8.29. The molecular weight excluding hydrogens is 489 g/mol. The van der Waals surface area contributed by atoms with Gasteiger partial charge < -0.3 is 4.57 Å². The van der Waals surface area contributed by atoms with E-state index in [2.05, 4.69) is 20.9 Å². The summed E-state index contributed by atoms with van der Waals surface area (Å²) < 4.78 is 17.5. The summed E-state index contributed by atoms with van der Waals surface area (Å²) in [6.45, 7) is 2.51. The van der Waals surface area contributed by atoms with E-state index in [-0.39, 0.29) is 11.2 Å². The Morgan fingerprint density at radius 2 is 2.29 bits per heavy atom. The lowest BCUT2D eigenvalue weighted by Gasteiger charge is -2.10. The van der Waals surface area contributed by atoms with Crippen molar-refractivity contribution in [3.05, 3.63) is 48.1 Å². The van der Waals surface area contributed by atoms with E-state index >= 15 is 0 Å². The van der Waals surface area contributed by atoms with Gasteiger partial charge in [-0.15, -0.1) is 22.9 Å². The topological polar surface area (TPSA) is 17.8 Å². The first kappa shape index (κ1) is 15.7. The largest absolute Gasteiger partial charge is 0.321 e. The Kier molecular flexibility index (Phi) is 4.59. The van der Waals surface area contributed by atoms with Gasteiger partial charge in [0.2, 0.25) is 0 Å². The van der Waals surface area contributed by atoms with Crippen LogP contribution in [0, 0.1) is 9.39 Å². The molecule has 2 nitrogen and oxygen atoms in total. The molecule has 21 heavy (non-hydrogen) atoms. The number of hydrogen-bond donors (Lipinski definition) is 0. The summed E-state index contributed by atoms with van der Waals surface area (Å²) in [5.41, 5.74) is 1.55. The number of aromatic nitrogens is 2. The van der Waals surface area contributed by atoms with Gasteiger partial charge in [0.1, 0.15) is 11.6 Å². The summed E-state index contributed by atoms with van der Waals surface area (Å²) in [7, 11) is 0. The summed E-state index contributed by atoms with van der Waals surface area (Å²) in [6, 6.07) is 5.30. The lowest BCUT2D eigenvalue weighted by Crippen LogP contribution is -2.05. The highest BCUT2D eigenvalue weighted by Crippen LogP contribution is 2.30. The van der Waals surface area contributed by atoms with E-state index < -0.39 is 0 Å². The van der Waals surface area contributed by atoms with Crippen molar-refractivity contribution >= 4 is 72.5 Å². The van der Waals surface area contributed by atoms with Gasteiger partial charge in [0.25, 0.3) is 0 Å². The molecule has 7 heteroatoms. The van der Waals surface area contributed by atoms with Gasteiger partial charge in [-0.3, -0.25) is 0 Å². The molecule has 0 radical (unpaired) electrons. The molecule has 1 aromatic carbocycles. The summed E-state index contributed by atoms with van der Waals surface area (Å²) in [4.78, 5) is 5.73. The van der Waals surface area contributed by atoms with Crippen LogP contribution in [0.3, 0.4) is 0 Å². The molecule has 0 aliphatic carbocycles. The molecule has 0 saturated carbocycles. The summed E-state index contributed by atoms with van der Waals surface area (Å²) in [6.07, 6.45) is 0. The fourth-order valence-corrected chi connectivity index (χ4v) is 4.27. The highest BCUT2D eigenvalue weighted by Gasteiger charge is 2.18. The van der Waals surface area contributed by atoms with Gasteiger partial charge in [0.15, 0.2) is 0 Å². The molecule has 0 aliphatic heterocycles. The number of halogens is 4. The monoisotopic (exact) mass is 498 g/mol. The molecule has 0 saturated heterocycles. The number of fused-ring (bicyclic) bond motifs is 1. The number of benzene rings is 1. The quantitative estimate of drug-likeness (QED) is 0.322. The molecule has 0 N–H and O–H groups in total. The highest BCUT2D eigenvalue weighted by atomic mass is 127. The van der Waals surface area contributed by atoms with E-state index in [4.69, 9.17) is 11.6 Å². The molecule has 0 spiro atoms. The first-order valence-corrected chi connectivity index (χ1v) is 9.37. The van der Waals surface area contributed by atoms with Crippen molar-refractivity contribution < 1.29 is 4.39 Å². The second kappa shape index (κ2) is 6.14. The minimum Gasteiger partial charge on any atom is -0.321 e. The molecule has 0 amide bonds. The zero-order chi connectivity index (χ0) is 15.1. The van der Waals surface area contributed by atoms with E-state index in [1.165, 1.54) is 6.07 Å². The molecule has 0 fully saturated rings. The van der Waals surface area contributed by atoms with E-state index in [0.717, 1.165) is 26.2 Å². The SMILES string of the molecule is CC(Cl)c1nc2cc(I)c(F)cc2n1Cc1sccc1Br. The van der Waals surface area contributed by atoms with Crippen molar-refractivity contribution in [3.8, 4) is 0 Å². The lowest BCUT2D eigenvalue weighted by atomic mass is 10.3. The number of thiophene rings is 1. The van der Waals surface area contributed by atoms with Crippen LogP contribution in [0.25, 0.3) is 11.0 Å². The molecule has 2 heterocycles. The van der Waals surface area contributed by atoms with Gasteiger partial charge in [0, 0.05) is 15.4 Å². The van der Waals surface area contributed by atoms with E-state index in [9.17, 15) is 4.39 Å². The number of rotatable bonds is 3. The first-order valence-electron chi connectivity index (χ1n) is 6.18. The first-order chi connectivity index (χ1) is 9.97. The van der Waals surface area contributed by atoms with Crippen molar-refractivity contribution in [1.29, 1.82) is 0 Å². The Balaban J connectivity index is 2.20. The number of nitrogens with zero attached hydrogens (tertiary/aromatic N) is 2. The van der Waals surface area contributed by atoms with Crippen LogP contribution >= 0.6 is 61.5 Å². The van der Waals surface area contributed by atoms with Gasteiger partial charge in [-0.25, -0.2) is 9.37 Å². The second-order valence-electron chi connectivity index (χ2n) is 4.62. The Hall–Kier alpha value is -0.180. The number of hydrogen-bond acceptors (Lipinski definition) is 2. The van der Waals surface area contributed by atoms with E-state index in [1.807, 2.05) is 45.5 Å². The maximum Gasteiger partial charge on any atom is 0.138 e. The molecule has 1 atom stereocenters. The Morgan fingerprint density at radius 1 is 1.52 bits per heavy atom. The third kappa shape index (κ3) is 3.00. The van der Waals surface area contributed by atoms with Crippen LogP contribution in [-0.4, -0.2) is 9.55 Å². The third-order valence-electron chi connectivity index (χ3n) is 3.17. The normalized spacial score (nSPS) is 13.0. The van der Waals surface area contributed by atoms with Crippen LogP contribution in [0.2, 0.25) is 0 Å². The Bertz CT molecular complexity index is 815. The minimum atomic E-state index is -0.239. The summed E-state index contributed by atoms with van der Waals surface area (Å²) in [5.74, 6) is 0.525. The van der Waals surface area contributed by atoms with Crippen LogP contribution in [0.1, 0.15) is 23.0 Å². The Morgan fingerprint density at radius 3 is 2.90 bits per heavy atom. The van der Waals surface area contributed by atoms with Crippen molar-refractivity contribution in [3.63, 3.8) is 0 Å². The average Bonchev–Trinajstić information content (AvgIpc) is 2.97. The highest BCUT2D eigenvalue weighted by molar-refractivity contribution is 14.1. The molecule has 3 aromatic rings. The summed E-state index contributed by atoms with van der Waals surface area (Å²) >= 11 is 13.4. The maximum absolute atomic E-state index is 13.9. The fourth-order valence-electron chi connectivity index (χ4n) is 2.19. The molecule has 1 unspecified atom stereocenters. The van der Waals surface area contributed by atoms with Crippen molar-refractivity contribution in [1.82, 2.24) is 9.55 Å². The van der Waals surface area contributed by atoms with Gasteiger partial charge >= 0.3 is 0 Å². The molecule has 0 aliphatic rings. The third-order valence-corrected chi connectivity index (χ3v) is 6.10. The number of imidazole rings is 1. The van der Waals surface area contributed by atoms with Crippen LogP contribution in [0.4, 0.5) is 4.39 Å². The standard InChI is InChI=1S/C14H10BrClFIN2S/c1-7(16)14-19-11-5-10(18)9(17)4-12(11)20(14)6-13-8(15)2-3-21-13/h2-5,7H,6H2,1H3. The average molecular weight is 500 g/mol. The molecule has 110 valence electrons. The lowest BCUT2D eigenvalue weighted by molar-refractivity contribution is 0.621. The van der Waals surface area contributed by atoms with Gasteiger partial charge in [-0.2, -0.15) is 0 Å². The molecule has 2 aromatic heterocycles. The summed E-state index contributed by atoms with van der Waals surface area (Å²) in [5, 5.41) is 1.78. The Labute approximate surface area is 152 Å². The van der Waals surface area contributed by atoms with Gasteiger partial charge in [-0.1, -0.05) is 0 Å². The van der Waals surface area contributed by atoms with E-state index in [0.29, 0.717) is 10.1 Å². The molecule has 0 bridgehead atoms. The molecular formula is C14H10BrClFIN2S. The predicted molar refractivity (Wildman–Crippen MR) is 97.8 cm³/mol. The molecule has 3 rings (SSSR count).